The average Bonchev–Trinajstić information content (AvgIpc) is 2.84. The van der Waals surface area contributed by atoms with E-state index in [1.165, 1.54) is 31.2 Å². The normalized spacial score (nSPS) is 20.7. The van der Waals surface area contributed by atoms with E-state index in [0.29, 0.717) is 10.6 Å². The van der Waals surface area contributed by atoms with Gasteiger partial charge in [0.1, 0.15) is 5.54 Å². The first-order valence-corrected chi connectivity index (χ1v) is 9.14. The highest BCUT2D eigenvalue weighted by atomic mass is 35.5. The van der Waals surface area contributed by atoms with Crippen LogP contribution in [0.4, 0.5) is 18.0 Å². The largest absolute Gasteiger partial charge is 0.416 e. The van der Waals surface area contributed by atoms with Crippen molar-refractivity contribution in [2.45, 2.75) is 24.7 Å². The molecular formula is C19H15Cl2F3N2O3. The lowest BCUT2D eigenvalue weighted by Gasteiger charge is -2.24. The number of aliphatic hydroxyl groups is 1. The van der Waals surface area contributed by atoms with Crippen LogP contribution in [0.5, 0.6) is 0 Å². The molecule has 5 nitrogen and oxygen atoms in total. The van der Waals surface area contributed by atoms with Gasteiger partial charge < -0.3 is 10.4 Å². The standard InChI is InChI=1S/C19H15Cl2F3N2O3/c1-18(13-6-5-12(20)8-14(13)21)16(28)26(17(29)25-18)9-15(27)10-3-2-4-11(7-10)19(22,23)24/h2-8,15,27H,9H2,1H3,(H,25,29). The molecule has 2 aromatic carbocycles. The van der Waals surface area contributed by atoms with Crippen molar-refractivity contribution in [3.05, 3.63) is 69.2 Å². The van der Waals surface area contributed by atoms with Crippen LogP contribution >= 0.6 is 23.2 Å². The van der Waals surface area contributed by atoms with E-state index < -0.39 is 41.9 Å². The Balaban J connectivity index is 1.85. The number of imide groups is 1. The van der Waals surface area contributed by atoms with E-state index in [4.69, 9.17) is 23.2 Å². The van der Waals surface area contributed by atoms with Crippen LogP contribution in [0.2, 0.25) is 10.0 Å². The molecule has 2 N–H and O–H groups in total. The zero-order valence-corrected chi connectivity index (χ0v) is 16.4. The van der Waals surface area contributed by atoms with Gasteiger partial charge in [0.15, 0.2) is 0 Å². The molecule has 3 rings (SSSR count). The number of nitrogens with zero attached hydrogens (tertiary/aromatic N) is 1. The Hall–Kier alpha value is -2.29. The Morgan fingerprint density at radius 3 is 2.48 bits per heavy atom. The summed E-state index contributed by atoms with van der Waals surface area (Å²) in [6, 6.07) is 7.70. The predicted molar refractivity (Wildman–Crippen MR) is 100 cm³/mol. The SMILES string of the molecule is CC1(c2ccc(Cl)cc2Cl)NC(=O)N(CC(O)c2cccc(C(F)(F)F)c2)C1=O. The Kier molecular flexibility index (Phi) is 5.55. The maximum absolute atomic E-state index is 12.9. The zero-order chi connectivity index (χ0) is 21.6. The summed E-state index contributed by atoms with van der Waals surface area (Å²) in [6.45, 7) is 0.922. The third kappa shape index (κ3) is 4.05. The number of hydrogen-bond acceptors (Lipinski definition) is 3. The number of amides is 3. The average molecular weight is 447 g/mol. The lowest BCUT2D eigenvalue weighted by molar-refractivity contribution is -0.138. The second-order valence-corrected chi connectivity index (χ2v) is 7.58. The van der Waals surface area contributed by atoms with E-state index in [9.17, 15) is 27.9 Å². The molecule has 0 bridgehead atoms. The van der Waals surface area contributed by atoms with Gasteiger partial charge >= 0.3 is 12.2 Å². The monoisotopic (exact) mass is 446 g/mol. The first kappa shape index (κ1) is 21.4. The van der Waals surface area contributed by atoms with Gasteiger partial charge in [-0.05, 0) is 36.8 Å². The maximum Gasteiger partial charge on any atom is 0.416 e. The van der Waals surface area contributed by atoms with Crippen molar-refractivity contribution < 1.29 is 27.9 Å². The molecule has 29 heavy (non-hydrogen) atoms. The number of carbonyl (C=O) groups is 2. The molecule has 3 amide bonds. The van der Waals surface area contributed by atoms with Gasteiger partial charge in [0.2, 0.25) is 0 Å². The molecule has 0 spiro atoms. The zero-order valence-electron chi connectivity index (χ0n) is 14.9. The first-order chi connectivity index (χ1) is 13.4. The number of benzene rings is 2. The van der Waals surface area contributed by atoms with Gasteiger partial charge in [0.25, 0.3) is 5.91 Å². The molecule has 1 aliphatic heterocycles. The number of nitrogens with one attached hydrogen (secondary N) is 1. The highest BCUT2D eigenvalue weighted by molar-refractivity contribution is 6.35. The molecule has 1 aliphatic rings. The number of carbonyl (C=O) groups excluding carboxylic acids is 2. The summed E-state index contributed by atoms with van der Waals surface area (Å²) in [7, 11) is 0. The Morgan fingerprint density at radius 2 is 1.86 bits per heavy atom. The van der Waals surface area contributed by atoms with Crippen LogP contribution < -0.4 is 5.32 Å². The van der Waals surface area contributed by atoms with Crippen LogP contribution in [0.25, 0.3) is 0 Å². The van der Waals surface area contributed by atoms with Crippen LogP contribution in [0.1, 0.15) is 29.7 Å². The molecule has 0 radical (unpaired) electrons. The summed E-state index contributed by atoms with van der Waals surface area (Å²) < 4.78 is 38.7. The fourth-order valence-electron chi connectivity index (χ4n) is 3.14. The highest BCUT2D eigenvalue weighted by Gasteiger charge is 2.50. The fourth-order valence-corrected chi connectivity index (χ4v) is 3.74. The molecule has 0 aromatic heterocycles. The van der Waals surface area contributed by atoms with E-state index in [-0.39, 0.29) is 10.6 Å². The molecule has 2 atom stereocenters. The third-order valence-corrected chi connectivity index (χ3v) is 5.25. The number of urea groups is 1. The number of β-amino-alcohol motifs (C(OH)–C–C–N with tert-alkyl or cyclic N) is 1. The molecule has 1 fully saturated rings. The number of aliphatic hydroxyl groups excluding tert-OH is 1. The minimum atomic E-state index is -4.58. The summed E-state index contributed by atoms with van der Waals surface area (Å²) >= 11 is 12.0. The summed E-state index contributed by atoms with van der Waals surface area (Å²) in [5.41, 5.74) is -2.22. The molecule has 2 aromatic rings. The number of hydrogen-bond donors (Lipinski definition) is 2. The highest BCUT2D eigenvalue weighted by Crippen LogP contribution is 2.36. The first-order valence-electron chi connectivity index (χ1n) is 8.38. The van der Waals surface area contributed by atoms with E-state index >= 15 is 0 Å². The fraction of sp³-hybridized carbons (Fsp3) is 0.263. The predicted octanol–water partition coefficient (Wildman–Crippen LogP) is 4.51. The Morgan fingerprint density at radius 1 is 1.17 bits per heavy atom. The van der Waals surface area contributed by atoms with Gasteiger partial charge in [0.05, 0.1) is 18.2 Å². The molecule has 1 heterocycles. The maximum atomic E-state index is 12.9. The van der Waals surface area contributed by atoms with Crippen molar-refractivity contribution in [1.82, 2.24) is 10.2 Å². The molecule has 154 valence electrons. The summed E-state index contributed by atoms with van der Waals surface area (Å²) in [6.07, 6.45) is -6.09. The van der Waals surface area contributed by atoms with E-state index in [0.717, 1.165) is 23.1 Å². The van der Waals surface area contributed by atoms with Gasteiger partial charge in [-0.15, -0.1) is 0 Å². The number of alkyl halides is 3. The van der Waals surface area contributed by atoms with Crippen LogP contribution in [0, 0.1) is 0 Å². The van der Waals surface area contributed by atoms with Crippen molar-refractivity contribution in [2.75, 3.05) is 6.54 Å². The van der Waals surface area contributed by atoms with E-state index in [1.54, 1.807) is 0 Å². The molecule has 2 unspecified atom stereocenters. The smallest absolute Gasteiger partial charge is 0.387 e. The number of halogens is 5. The van der Waals surface area contributed by atoms with Crippen LogP contribution in [0.15, 0.2) is 42.5 Å². The van der Waals surface area contributed by atoms with Gasteiger partial charge in [-0.1, -0.05) is 41.4 Å². The van der Waals surface area contributed by atoms with Crippen molar-refractivity contribution in [3.8, 4) is 0 Å². The minimum Gasteiger partial charge on any atom is -0.387 e. The second-order valence-electron chi connectivity index (χ2n) is 6.73. The topological polar surface area (TPSA) is 69.6 Å². The summed E-state index contributed by atoms with van der Waals surface area (Å²) in [4.78, 5) is 26.1. The summed E-state index contributed by atoms with van der Waals surface area (Å²) in [5, 5.41) is 13.4. The molecule has 10 heteroatoms. The lowest BCUT2D eigenvalue weighted by atomic mass is 9.92. The van der Waals surface area contributed by atoms with Crippen molar-refractivity contribution in [1.29, 1.82) is 0 Å². The van der Waals surface area contributed by atoms with Crippen molar-refractivity contribution in [3.63, 3.8) is 0 Å². The Bertz CT molecular complexity index is 983. The molecule has 1 saturated heterocycles. The van der Waals surface area contributed by atoms with Gasteiger partial charge in [-0.2, -0.15) is 13.2 Å². The van der Waals surface area contributed by atoms with Crippen LogP contribution in [-0.2, 0) is 16.5 Å². The van der Waals surface area contributed by atoms with Gasteiger partial charge in [-0.25, -0.2) is 4.79 Å². The quantitative estimate of drug-likeness (QED) is 0.678. The third-order valence-electron chi connectivity index (χ3n) is 4.70. The van der Waals surface area contributed by atoms with Gasteiger partial charge in [-0.3, -0.25) is 9.69 Å². The molecule has 0 aliphatic carbocycles. The minimum absolute atomic E-state index is 0.0708. The molecular weight excluding hydrogens is 432 g/mol. The van der Waals surface area contributed by atoms with Crippen molar-refractivity contribution in [2.24, 2.45) is 0 Å². The summed E-state index contributed by atoms with van der Waals surface area (Å²) in [5.74, 6) is -0.697. The number of rotatable bonds is 4. The molecule has 0 saturated carbocycles. The van der Waals surface area contributed by atoms with Crippen LogP contribution in [0.3, 0.4) is 0 Å². The van der Waals surface area contributed by atoms with E-state index in [1.807, 2.05) is 0 Å². The van der Waals surface area contributed by atoms with Gasteiger partial charge in [0, 0.05) is 15.6 Å². The Labute approximate surface area is 174 Å². The lowest BCUT2D eigenvalue weighted by Crippen LogP contribution is -2.41. The van der Waals surface area contributed by atoms with E-state index in [2.05, 4.69) is 5.32 Å². The second kappa shape index (κ2) is 7.51. The van der Waals surface area contributed by atoms with Crippen LogP contribution in [-0.4, -0.2) is 28.5 Å². The van der Waals surface area contributed by atoms with Crippen molar-refractivity contribution >= 4 is 35.1 Å².